The molecule has 4 rings (SSSR count). The first-order chi connectivity index (χ1) is 17.2. The quantitative estimate of drug-likeness (QED) is 0.296. The Morgan fingerprint density at radius 2 is 1.86 bits per heavy atom. The molecule has 0 unspecified atom stereocenters. The van der Waals surface area contributed by atoms with Crippen LogP contribution in [0.1, 0.15) is 25.0 Å². The standard InChI is InChI=1S/C19H16BCl2F2N5O7S/c20-19(33)4-7(5-19)28-37(34,35)12-3-13(25-6-11(12)30)36-15-9(21)1-8(2-10(15)22)29-18(32)26-17(31)14(27-29)16(23)24/h1-3,6-7,16,28,30,33H,4-5,20H2,(H,26,31,32)/t7-,19+. The minimum Gasteiger partial charge on any atom is -0.505 e. The van der Waals surface area contributed by atoms with Crippen LogP contribution in [0.4, 0.5) is 8.78 Å². The van der Waals surface area contributed by atoms with Crippen LogP contribution in [0.2, 0.25) is 10.0 Å². The molecule has 0 bridgehead atoms. The minimum absolute atomic E-state index is 0.186. The first-order valence-electron chi connectivity index (χ1n) is 10.3. The lowest BCUT2D eigenvalue weighted by atomic mass is 9.63. The Morgan fingerprint density at radius 3 is 2.43 bits per heavy atom. The van der Waals surface area contributed by atoms with E-state index in [1.165, 1.54) is 0 Å². The van der Waals surface area contributed by atoms with Crippen LogP contribution in [0.15, 0.2) is 38.9 Å². The lowest BCUT2D eigenvalue weighted by Crippen LogP contribution is -2.55. The van der Waals surface area contributed by atoms with Gasteiger partial charge >= 0.3 is 5.69 Å². The van der Waals surface area contributed by atoms with Crippen LogP contribution in [-0.2, 0) is 10.0 Å². The molecule has 1 aromatic carbocycles. The minimum atomic E-state index is -4.23. The van der Waals surface area contributed by atoms with Gasteiger partial charge in [-0.2, -0.15) is 9.78 Å². The van der Waals surface area contributed by atoms with E-state index in [1.807, 2.05) is 0 Å². The largest absolute Gasteiger partial charge is 0.505 e. The molecule has 37 heavy (non-hydrogen) atoms. The van der Waals surface area contributed by atoms with Crippen molar-refractivity contribution in [2.45, 2.75) is 35.7 Å². The number of hydrogen-bond donors (Lipinski definition) is 4. The number of nitrogens with zero attached hydrogens (tertiary/aromatic N) is 3. The van der Waals surface area contributed by atoms with Gasteiger partial charge in [0.05, 0.1) is 21.9 Å². The van der Waals surface area contributed by atoms with E-state index in [1.54, 1.807) is 12.8 Å². The fourth-order valence-corrected chi connectivity index (χ4v) is 5.52. The van der Waals surface area contributed by atoms with E-state index in [4.69, 9.17) is 27.9 Å². The lowest BCUT2D eigenvalue weighted by molar-refractivity contribution is 0.0275. The van der Waals surface area contributed by atoms with Crippen LogP contribution >= 0.6 is 23.2 Å². The van der Waals surface area contributed by atoms with Gasteiger partial charge in [0.2, 0.25) is 15.9 Å². The number of benzene rings is 1. The van der Waals surface area contributed by atoms with E-state index >= 15 is 0 Å². The highest BCUT2D eigenvalue weighted by atomic mass is 35.5. The second-order valence-corrected chi connectivity index (χ2v) is 10.9. The number of sulfonamides is 1. The zero-order valence-corrected chi connectivity index (χ0v) is 20.9. The summed E-state index contributed by atoms with van der Waals surface area (Å²) in [6.45, 7) is 0. The molecule has 1 saturated carbocycles. The zero-order valence-electron chi connectivity index (χ0n) is 18.6. The monoisotopic (exact) mass is 577 g/mol. The summed E-state index contributed by atoms with van der Waals surface area (Å²) in [4.78, 5) is 28.6. The fourth-order valence-electron chi connectivity index (χ4n) is 3.65. The van der Waals surface area contributed by atoms with Crippen LogP contribution in [0.5, 0.6) is 17.4 Å². The Hall–Kier alpha value is -3.05. The van der Waals surface area contributed by atoms with Gasteiger partial charge in [-0.05, 0) is 25.0 Å². The highest BCUT2D eigenvalue weighted by Crippen LogP contribution is 2.39. The van der Waals surface area contributed by atoms with Crippen molar-refractivity contribution < 1.29 is 32.1 Å². The normalized spacial score (nSPS) is 19.6. The van der Waals surface area contributed by atoms with Crippen molar-refractivity contribution in [1.82, 2.24) is 24.5 Å². The summed E-state index contributed by atoms with van der Waals surface area (Å²) in [5.41, 5.74) is -4.86. The Bertz CT molecular complexity index is 1590. The second kappa shape index (κ2) is 9.68. The average Bonchev–Trinajstić information content (AvgIpc) is 2.75. The van der Waals surface area contributed by atoms with E-state index in [-0.39, 0.29) is 40.2 Å². The third-order valence-electron chi connectivity index (χ3n) is 5.30. The van der Waals surface area contributed by atoms with Crippen molar-refractivity contribution in [3.8, 4) is 23.1 Å². The lowest BCUT2D eigenvalue weighted by Gasteiger charge is -2.41. The van der Waals surface area contributed by atoms with Gasteiger partial charge in [0.1, 0.15) is 12.7 Å². The van der Waals surface area contributed by atoms with Crippen LogP contribution < -0.4 is 20.7 Å². The third-order valence-corrected chi connectivity index (χ3v) is 7.41. The molecule has 0 saturated heterocycles. The van der Waals surface area contributed by atoms with Crippen LogP contribution in [0, 0.1) is 0 Å². The zero-order chi connectivity index (χ0) is 27.3. The van der Waals surface area contributed by atoms with Crippen molar-refractivity contribution in [3.63, 3.8) is 0 Å². The number of aromatic hydroxyl groups is 1. The molecule has 1 fully saturated rings. The molecule has 0 atom stereocenters. The predicted octanol–water partition coefficient (Wildman–Crippen LogP) is 0.821. The van der Waals surface area contributed by atoms with Crippen LogP contribution in [0.3, 0.4) is 0 Å². The summed E-state index contributed by atoms with van der Waals surface area (Å²) in [7, 11) is -2.67. The topological polar surface area (TPSA) is 176 Å². The molecule has 4 N–H and O–H groups in total. The summed E-state index contributed by atoms with van der Waals surface area (Å²) in [6, 6.07) is 2.53. The van der Waals surface area contributed by atoms with Gasteiger partial charge in [0, 0.05) is 17.6 Å². The Kier molecular flexibility index (Phi) is 7.07. The maximum Gasteiger partial charge on any atom is 0.349 e. The summed E-state index contributed by atoms with van der Waals surface area (Å²) in [5.74, 6) is -1.25. The number of aliphatic hydroxyl groups is 1. The number of pyridine rings is 1. The van der Waals surface area contributed by atoms with Gasteiger partial charge in [-0.3, -0.25) is 9.78 Å². The molecule has 18 heteroatoms. The van der Waals surface area contributed by atoms with E-state index < -0.39 is 55.6 Å². The second-order valence-electron chi connectivity index (χ2n) is 8.41. The first kappa shape index (κ1) is 27.0. The first-order valence-corrected chi connectivity index (χ1v) is 12.5. The van der Waals surface area contributed by atoms with Crippen molar-refractivity contribution in [2.24, 2.45) is 0 Å². The summed E-state index contributed by atoms with van der Waals surface area (Å²) in [6.07, 6.45) is -2.06. The molecule has 0 radical (unpaired) electrons. The van der Waals surface area contributed by atoms with Gasteiger partial charge in [0.15, 0.2) is 17.2 Å². The molecule has 0 spiro atoms. The predicted molar refractivity (Wildman–Crippen MR) is 128 cm³/mol. The summed E-state index contributed by atoms with van der Waals surface area (Å²) < 4.78 is 59.9. The van der Waals surface area contributed by atoms with Crippen molar-refractivity contribution in [1.29, 1.82) is 0 Å². The molecule has 1 aliphatic rings. The number of halogens is 4. The fraction of sp³-hybridized carbons (Fsp3) is 0.263. The molecule has 2 heterocycles. The maximum atomic E-state index is 13.0. The van der Waals surface area contributed by atoms with Gasteiger partial charge < -0.3 is 14.9 Å². The van der Waals surface area contributed by atoms with E-state index in [2.05, 4.69) is 14.8 Å². The van der Waals surface area contributed by atoms with Crippen LogP contribution in [-0.4, -0.2) is 57.8 Å². The number of ether oxygens (including phenoxy) is 1. The van der Waals surface area contributed by atoms with E-state index in [0.717, 1.165) is 24.4 Å². The molecule has 1 aliphatic carbocycles. The van der Waals surface area contributed by atoms with Gasteiger partial charge in [-0.25, -0.2) is 31.7 Å². The molecule has 0 aliphatic heterocycles. The molecule has 2 aromatic heterocycles. The number of aromatic amines is 1. The Morgan fingerprint density at radius 1 is 1.24 bits per heavy atom. The Labute approximate surface area is 217 Å². The van der Waals surface area contributed by atoms with Crippen molar-refractivity contribution in [2.75, 3.05) is 0 Å². The van der Waals surface area contributed by atoms with Gasteiger partial charge in [-0.1, -0.05) is 23.2 Å². The van der Waals surface area contributed by atoms with Crippen LogP contribution in [0.25, 0.3) is 5.69 Å². The van der Waals surface area contributed by atoms with Crippen molar-refractivity contribution in [3.05, 3.63) is 61.0 Å². The SMILES string of the molecule is B[C@]1(O)C[C@@H](NS(=O)(=O)c2cc(Oc3c(Cl)cc(-n4nc(C(F)F)c(=O)[nH]c4=O)cc3Cl)ncc2O)C1. The van der Waals surface area contributed by atoms with Crippen molar-refractivity contribution >= 4 is 41.1 Å². The number of hydrogen-bond acceptors (Lipinski definition) is 9. The average molecular weight is 578 g/mol. The molecule has 196 valence electrons. The third kappa shape index (κ3) is 5.62. The highest BCUT2D eigenvalue weighted by Gasteiger charge is 2.40. The number of H-pyrrole nitrogens is 1. The highest BCUT2D eigenvalue weighted by molar-refractivity contribution is 7.89. The van der Waals surface area contributed by atoms with Gasteiger partial charge in [0.25, 0.3) is 12.0 Å². The number of nitrogens with one attached hydrogen (secondary N) is 2. The summed E-state index contributed by atoms with van der Waals surface area (Å²) in [5, 5.41) is 22.7. The number of rotatable bonds is 7. The van der Waals surface area contributed by atoms with Gasteiger partial charge in [-0.15, -0.1) is 0 Å². The molecular weight excluding hydrogens is 562 g/mol. The smallest absolute Gasteiger partial charge is 0.349 e. The molecule has 0 amide bonds. The number of aromatic nitrogens is 4. The molecule has 3 aromatic rings. The number of alkyl halides is 2. The van der Waals surface area contributed by atoms with E-state index in [9.17, 15) is 37.0 Å². The molecular formula is C19H16BCl2F2N5O7S. The van der Waals surface area contributed by atoms with E-state index in [0.29, 0.717) is 4.68 Å². The Balaban J connectivity index is 1.64. The summed E-state index contributed by atoms with van der Waals surface area (Å²) >= 11 is 12.4. The molecule has 12 nitrogen and oxygen atoms in total. The maximum absolute atomic E-state index is 13.0.